The summed E-state index contributed by atoms with van der Waals surface area (Å²) in [6.45, 7) is 2.29. The number of hydrogen-bond acceptors (Lipinski definition) is 3. The molecule has 1 aromatic heterocycles. The average Bonchev–Trinajstić information content (AvgIpc) is 2.42. The van der Waals surface area contributed by atoms with E-state index >= 15 is 0 Å². The third-order valence-corrected chi connectivity index (χ3v) is 3.05. The summed E-state index contributed by atoms with van der Waals surface area (Å²) in [6.07, 6.45) is 2.00. The van der Waals surface area contributed by atoms with Crippen LogP contribution >= 0.6 is 11.6 Å². The fourth-order valence-corrected chi connectivity index (χ4v) is 1.78. The second-order valence-electron chi connectivity index (χ2n) is 3.16. The first-order chi connectivity index (χ1) is 6.42. The zero-order valence-corrected chi connectivity index (χ0v) is 9.77. The van der Waals surface area contributed by atoms with Gasteiger partial charge in [-0.25, -0.2) is 8.42 Å². The predicted molar refractivity (Wildman–Crippen MR) is 56.3 cm³/mol. The Labute approximate surface area is 88.8 Å². The molecule has 0 N–H and O–H groups in total. The van der Waals surface area contributed by atoms with Gasteiger partial charge < -0.3 is 0 Å². The molecule has 0 amide bonds. The zero-order chi connectivity index (χ0) is 10.8. The average molecular weight is 237 g/mol. The zero-order valence-electron chi connectivity index (χ0n) is 8.20. The minimum Gasteiger partial charge on any atom is -0.253 e. The Morgan fingerprint density at radius 3 is 2.64 bits per heavy atom. The Balaban J connectivity index is 2.72. The van der Waals surface area contributed by atoms with Crippen LogP contribution < -0.4 is 0 Å². The predicted octanol–water partition coefficient (Wildman–Crippen LogP) is 1.14. The van der Waals surface area contributed by atoms with Gasteiger partial charge in [0.2, 0.25) is 0 Å². The van der Waals surface area contributed by atoms with Crippen molar-refractivity contribution in [3.63, 3.8) is 0 Å². The summed E-state index contributed by atoms with van der Waals surface area (Å²) in [4.78, 5) is 0. The molecule has 1 rings (SSSR count). The highest BCUT2D eigenvalue weighted by atomic mass is 35.5. The molecule has 0 unspecified atom stereocenters. The molecule has 0 saturated carbocycles. The Bertz CT molecular complexity index is 411. The van der Waals surface area contributed by atoms with Gasteiger partial charge in [-0.3, -0.25) is 4.68 Å². The van der Waals surface area contributed by atoms with Crippen LogP contribution in [-0.2, 0) is 22.8 Å². The molecule has 0 saturated heterocycles. The van der Waals surface area contributed by atoms with Crippen LogP contribution in [0.2, 0.25) is 5.15 Å². The summed E-state index contributed by atoms with van der Waals surface area (Å²) in [5, 5.41) is 4.64. The largest absolute Gasteiger partial charge is 0.253 e. The molecule has 80 valence electrons. The lowest BCUT2D eigenvalue weighted by molar-refractivity contribution is 0.584. The van der Waals surface area contributed by atoms with Gasteiger partial charge in [0.05, 0.1) is 18.0 Å². The van der Waals surface area contributed by atoms with Gasteiger partial charge in [0.15, 0.2) is 0 Å². The summed E-state index contributed by atoms with van der Waals surface area (Å²) >= 11 is 5.86. The minimum atomic E-state index is -2.96. The van der Waals surface area contributed by atoms with Crippen molar-refractivity contribution >= 4 is 21.4 Å². The van der Waals surface area contributed by atoms with E-state index < -0.39 is 9.84 Å². The van der Waals surface area contributed by atoms with Crippen molar-refractivity contribution in [1.29, 1.82) is 0 Å². The SMILES string of the molecule is CCc1cc(Cl)n(CCS(C)(=O)=O)n1. The van der Waals surface area contributed by atoms with E-state index in [0.717, 1.165) is 12.1 Å². The molecule has 0 radical (unpaired) electrons. The summed E-state index contributed by atoms with van der Waals surface area (Å²) in [6, 6.07) is 1.75. The van der Waals surface area contributed by atoms with E-state index in [-0.39, 0.29) is 5.75 Å². The van der Waals surface area contributed by atoms with Crippen molar-refractivity contribution in [3.8, 4) is 0 Å². The van der Waals surface area contributed by atoms with Gasteiger partial charge in [-0.05, 0) is 12.5 Å². The van der Waals surface area contributed by atoms with Crippen molar-refractivity contribution in [2.45, 2.75) is 19.9 Å². The third-order valence-electron chi connectivity index (χ3n) is 1.82. The second kappa shape index (κ2) is 4.31. The number of nitrogens with zero attached hydrogens (tertiary/aromatic N) is 2. The fraction of sp³-hybridized carbons (Fsp3) is 0.625. The first kappa shape index (κ1) is 11.5. The topological polar surface area (TPSA) is 52.0 Å². The molecule has 0 spiro atoms. The molecule has 1 aromatic rings. The smallest absolute Gasteiger partial charge is 0.149 e. The van der Waals surface area contributed by atoms with Crippen LogP contribution in [0.5, 0.6) is 0 Å². The lowest BCUT2D eigenvalue weighted by atomic mass is 10.3. The maximum Gasteiger partial charge on any atom is 0.149 e. The lowest BCUT2D eigenvalue weighted by Crippen LogP contribution is -2.12. The van der Waals surface area contributed by atoms with E-state index in [1.54, 1.807) is 6.07 Å². The van der Waals surface area contributed by atoms with E-state index in [1.165, 1.54) is 10.9 Å². The molecule has 0 fully saturated rings. The standard InChI is InChI=1S/C8H13ClN2O2S/c1-3-7-6-8(9)11(10-7)4-5-14(2,12)13/h6H,3-5H2,1-2H3. The Kier molecular flexibility index (Phi) is 3.55. The maximum absolute atomic E-state index is 10.9. The van der Waals surface area contributed by atoms with Crippen molar-refractivity contribution in [2.24, 2.45) is 0 Å². The molecule has 0 aliphatic heterocycles. The van der Waals surface area contributed by atoms with Crippen LogP contribution in [0.4, 0.5) is 0 Å². The van der Waals surface area contributed by atoms with Crippen LogP contribution in [0.1, 0.15) is 12.6 Å². The molecule has 1 heterocycles. The quantitative estimate of drug-likeness (QED) is 0.788. The summed E-state index contributed by atoms with van der Waals surface area (Å²) in [5.74, 6) is 0.0670. The van der Waals surface area contributed by atoms with Crippen LogP contribution in [0.15, 0.2) is 6.07 Å². The highest BCUT2D eigenvalue weighted by Gasteiger charge is 2.07. The van der Waals surface area contributed by atoms with E-state index in [1.807, 2.05) is 6.92 Å². The van der Waals surface area contributed by atoms with E-state index in [9.17, 15) is 8.42 Å². The number of rotatable bonds is 4. The van der Waals surface area contributed by atoms with E-state index in [0.29, 0.717) is 11.7 Å². The molecule has 0 aliphatic carbocycles. The van der Waals surface area contributed by atoms with Crippen LogP contribution in [-0.4, -0.2) is 30.2 Å². The normalized spacial score (nSPS) is 11.9. The van der Waals surface area contributed by atoms with Crippen molar-refractivity contribution in [3.05, 3.63) is 16.9 Å². The van der Waals surface area contributed by atoms with Gasteiger partial charge in [-0.2, -0.15) is 5.10 Å². The van der Waals surface area contributed by atoms with Gasteiger partial charge in [-0.15, -0.1) is 0 Å². The molecule has 0 atom stereocenters. The summed E-state index contributed by atoms with van der Waals surface area (Å²) in [5.41, 5.74) is 0.878. The van der Waals surface area contributed by atoms with Crippen LogP contribution in [0.25, 0.3) is 0 Å². The summed E-state index contributed by atoms with van der Waals surface area (Å²) in [7, 11) is -2.96. The molecule has 0 aliphatic rings. The van der Waals surface area contributed by atoms with Crippen molar-refractivity contribution < 1.29 is 8.42 Å². The number of halogens is 1. The van der Waals surface area contributed by atoms with Gasteiger partial charge >= 0.3 is 0 Å². The molecule has 4 nitrogen and oxygen atoms in total. The van der Waals surface area contributed by atoms with Gasteiger partial charge in [0.1, 0.15) is 15.0 Å². The number of sulfone groups is 1. The van der Waals surface area contributed by atoms with Crippen molar-refractivity contribution in [2.75, 3.05) is 12.0 Å². The van der Waals surface area contributed by atoms with Crippen LogP contribution in [0, 0.1) is 0 Å². The summed E-state index contributed by atoms with van der Waals surface area (Å²) < 4.78 is 23.3. The molecular weight excluding hydrogens is 224 g/mol. The second-order valence-corrected chi connectivity index (χ2v) is 5.81. The van der Waals surface area contributed by atoms with Gasteiger partial charge in [-0.1, -0.05) is 18.5 Å². The Hall–Kier alpha value is -0.550. The highest BCUT2D eigenvalue weighted by molar-refractivity contribution is 7.90. The molecule has 0 aromatic carbocycles. The monoisotopic (exact) mass is 236 g/mol. The van der Waals surface area contributed by atoms with Crippen molar-refractivity contribution in [1.82, 2.24) is 9.78 Å². The first-order valence-electron chi connectivity index (χ1n) is 4.32. The molecule has 14 heavy (non-hydrogen) atoms. The van der Waals surface area contributed by atoms with E-state index in [4.69, 9.17) is 11.6 Å². The Morgan fingerprint density at radius 1 is 1.57 bits per heavy atom. The Morgan fingerprint density at radius 2 is 2.21 bits per heavy atom. The number of hydrogen-bond donors (Lipinski definition) is 0. The highest BCUT2D eigenvalue weighted by Crippen LogP contribution is 2.11. The van der Waals surface area contributed by atoms with Gasteiger partial charge in [0.25, 0.3) is 0 Å². The number of aromatic nitrogens is 2. The minimum absolute atomic E-state index is 0.0670. The van der Waals surface area contributed by atoms with E-state index in [2.05, 4.69) is 5.10 Å². The first-order valence-corrected chi connectivity index (χ1v) is 6.76. The lowest BCUT2D eigenvalue weighted by Gasteiger charge is -2.00. The molecule has 0 bridgehead atoms. The molecular formula is C8H13ClN2O2S. The fourth-order valence-electron chi connectivity index (χ4n) is 1.03. The number of aryl methyl sites for hydroxylation is 2. The molecule has 6 heteroatoms. The third kappa shape index (κ3) is 3.31. The van der Waals surface area contributed by atoms with Crippen LogP contribution in [0.3, 0.4) is 0 Å². The maximum atomic E-state index is 10.9. The van der Waals surface area contributed by atoms with Gasteiger partial charge in [0, 0.05) is 6.26 Å².